The first-order chi connectivity index (χ1) is 8.78. The maximum atomic E-state index is 11.8. The van der Waals surface area contributed by atoms with Gasteiger partial charge in [-0.1, -0.05) is 0 Å². The van der Waals surface area contributed by atoms with E-state index < -0.39 is 11.4 Å². The Balaban J connectivity index is 2.55. The molecule has 0 heterocycles. The van der Waals surface area contributed by atoms with Crippen molar-refractivity contribution >= 4 is 11.8 Å². The molecule has 6 nitrogen and oxygen atoms in total. The van der Waals surface area contributed by atoms with Crippen molar-refractivity contribution in [3.63, 3.8) is 0 Å². The second-order valence-corrected chi connectivity index (χ2v) is 4.95. The van der Waals surface area contributed by atoms with E-state index >= 15 is 0 Å². The van der Waals surface area contributed by atoms with Crippen molar-refractivity contribution in [2.45, 2.75) is 19.4 Å². The summed E-state index contributed by atoms with van der Waals surface area (Å²) in [5.74, 6) is -0.276. The first-order valence-corrected chi connectivity index (χ1v) is 5.86. The van der Waals surface area contributed by atoms with Crippen molar-refractivity contribution in [2.24, 2.45) is 11.5 Å². The molecule has 0 saturated carbocycles. The van der Waals surface area contributed by atoms with Gasteiger partial charge in [-0.3, -0.25) is 9.59 Å². The molecule has 0 aromatic heterocycles. The Hall–Kier alpha value is -2.08. The number of nitrogens with two attached hydrogens (primary N) is 2. The molecule has 2 amide bonds. The van der Waals surface area contributed by atoms with Gasteiger partial charge in [0.15, 0.2) is 6.61 Å². The third-order valence-electron chi connectivity index (χ3n) is 2.20. The van der Waals surface area contributed by atoms with Crippen LogP contribution < -0.4 is 21.5 Å². The lowest BCUT2D eigenvalue weighted by molar-refractivity contribution is -0.119. The predicted octanol–water partition coefficient (Wildman–Crippen LogP) is 0.0178. The lowest BCUT2D eigenvalue weighted by atomic mass is 10.1. The van der Waals surface area contributed by atoms with Crippen LogP contribution in [0.5, 0.6) is 5.75 Å². The molecule has 6 heteroatoms. The minimum absolute atomic E-state index is 0.188. The zero-order valence-electron chi connectivity index (χ0n) is 11.1. The fourth-order valence-corrected chi connectivity index (χ4v) is 1.27. The molecule has 0 aliphatic carbocycles. The van der Waals surface area contributed by atoms with E-state index in [1.54, 1.807) is 24.3 Å². The van der Waals surface area contributed by atoms with Gasteiger partial charge in [0.05, 0.1) is 0 Å². The lowest BCUT2D eigenvalue weighted by Gasteiger charge is -2.18. The second kappa shape index (κ2) is 6.19. The van der Waals surface area contributed by atoms with Gasteiger partial charge in [0.2, 0.25) is 0 Å². The molecule has 0 spiro atoms. The fourth-order valence-electron chi connectivity index (χ4n) is 1.27. The van der Waals surface area contributed by atoms with Gasteiger partial charge in [-0.25, -0.2) is 0 Å². The zero-order valence-corrected chi connectivity index (χ0v) is 11.1. The third-order valence-corrected chi connectivity index (χ3v) is 2.20. The van der Waals surface area contributed by atoms with Crippen LogP contribution in [0.4, 0.5) is 0 Å². The molecule has 0 radical (unpaired) electrons. The number of rotatable bonds is 6. The minimum Gasteiger partial charge on any atom is -0.484 e. The minimum atomic E-state index is -0.549. The largest absolute Gasteiger partial charge is 0.484 e. The van der Waals surface area contributed by atoms with Crippen molar-refractivity contribution in [3.8, 4) is 5.75 Å². The highest BCUT2D eigenvalue weighted by molar-refractivity contribution is 5.94. The molecule has 0 fully saturated rings. The summed E-state index contributed by atoms with van der Waals surface area (Å²) in [7, 11) is 0. The van der Waals surface area contributed by atoms with Crippen molar-refractivity contribution < 1.29 is 14.3 Å². The normalized spacial score (nSPS) is 10.9. The molecule has 1 aromatic rings. The summed E-state index contributed by atoms with van der Waals surface area (Å²) < 4.78 is 5.09. The van der Waals surface area contributed by atoms with Crippen LogP contribution in [-0.2, 0) is 4.79 Å². The molecule has 1 rings (SSSR count). The molecule has 104 valence electrons. The molecule has 1 aromatic carbocycles. The topological polar surface area (TPSA) is 107 Å². The summed E-state index contributed by atoms with van der Waals surface area (Å²) in [4.78, 5) is 22.3. The van der Waals surface area contributed by atoms with Crippen LogP contribution in [-0.4, -0.2) is 30.5 Å². The van der Waals surface area contributed by atoms with E-state index in [2.05, 4.69) is 5.32 Å². The maximum absolute atomic E-state index is 11.8. The predicted molar refractivity (Wildman–Crippen MR) is 71.7 cm³/mol. The molecule has 0 bridgehead atoms. The van der Waals surface area contributed by atoms with Crippen LogP contribution in [0, 0.1) is 0 Å². The zero-order chi connectivity index (χ0) is 14.5. The molecule has 0 aliphatic rings. The summed E-state index contributed by atoms with van der Waals surface area (Å²) in [6.45, 7) is 3.85. The summed E-state index contributed by atoms with van der Waals surface area (Å²) in [6, 6.07) is 6.42. The van der Waals surface area contributed by atoms with Gasteiger partial charge in [-0.05, 0) is 38.1 Å². The molecule has 5 N–H and O–H groups in total. The van der Waals surface area contributed by atoms with Crippen molar-refractivity contribution in [1.82, 2.24) is 5.32 Å². The van der Waals surface area contributed by atoms with Gasteiger partial charge in [0, 0.05) is 17.6 Å². The first kappa shape index (κ1) is 15.0. The van der Waals surface area contributed by atoms with Gasteiger partial charge in [0.25, 0.3) is 11.8 Å². The van der Waals surface area contributed by atoms with Gasteiger partial charge >= 0.3 is 0 Å². The second-order valence-electron chi connectivity index (χ2n) is 4.95. The number of ether oxygens (including phenoxy) is 1. The van der Waals surface area contributed by atoms with Crippen molar-refractivity contribution in [3.05, 3.63) is 29.8 Å². The Morgan fingerprint density at radius 2 is 1.84 bits per heavy atom. The number of carbonyl (C=O) groups excluding carboxylic acids is 2. The van der Waals surface area contributed by atoms with E-state index in [4.69, 9.17) is 16.2 Å². The smallest absolute Gasteiger partial charge is 0.255 e. The number of benzene rings is 1. The standard InChI is InChI=1S/C13H19N3O3/c1-13(2,15)8-16-12(18)9-3-5-10(6-4-9)19-7-11(14)17/h3-6H,7-8,15H2,1-2H3,(H2,14,17)(H,16,18). The van der Waals surface area contributed by atoms with Crippen LogP contribution in [0.2, 0.25) is 0 Å². The molecular weight excluding hydrogens is 246 g/mol. The van der Waals surface area contributed by atoms with Gasteiger partial charge in [0.1, 0.15) is 5.75 Å². The average molecular weight is 265 g/mol. The van der Waals surface area contributed by atoms with E-state index in [-0.39, 0.29) is 12.5 Å². The SMILES string of the molecule is CC(C)(N)CNC(=O)c1ccc(OCC(N)=O)cc1. The monoisotopic (exact) mass is 265 g/mol. The van der Waals surface area contributed by atoms with Crippen LogP contribution >= 0.6 is 0 Å². The Labute approximate surface area is 112 Å². The number of amides is 2. The van der Waals surface area contributed by atoms with Crippen molar-refractivity contribution in [2.75, 3.05) is 13.2 Å². The third kappa shape index (κ3) is 5.87. The Morgan fingerprint density at radius 1 is 1.26 bits per heavy atom. The number of hydrogen-bond donors (Lipinski definition) is 3. The number of hydrogen-bond acceptors (Lipinski definition) is 4. The Morgan fingerprint density at radius 3 is 2.32 bits per heavy atom. The molecular formula is C13H19N3O3. The summed E-state index contributed by atoms with van der Waals surface area (Å²) in [5.41, 5.74) is 10.8. The average Bonchev–Trinajstić information content (AvgIpc) is 2.33. The molecule has 19 heavy (non-hydrogen) atoms. The summed E-state index contributed by atoms with van der Waals surface area (Å²) in [6.07, 6.45) is 0. The van der Waals surface area contributed by atoms with E-state index in [0.717, 1.165) is 0 Å². The van der Waals surface area contributed by atoms with E-state index in [9.17, 15) is 9.59 Å². The Bertz CT molecular complexity index is 449. The van der Waals surface area contributed by atoms with Crippen LogP contribution in [0.3, 0.4) is 0 Å². The fraction of sp³-hybridized carbons (Fsp3) is 0.385. The Kier molecular flexibility index (Phi) is 4.88. The highest BCUT2D eigenvalue weighted by atomic mass is 16.5. The van der Waals surface area contributed by atoms with Crippen molar-refractivity contribution in [1.29, 1.82) is 0 Å². The molecule has 0 unspecified atom stereocenters. The van der Waals surface area contributed by atoms with Gasteiger partial charge in [-0.2, -0.15) is 0 Å². The summed E-state index contributed by atoms with van der Waals surface area (Å²) in [5, 5.41) is 2.73. The maximum Gasteiger partial charge on any atom is 0.255 e. The van der Waals surface area contributed by atoms with Gasteiger partial charge < -0.3 is 21.5 Å². The molecule has 0 atom stereocenters. The number of primary amides is 1. The van der Waals surface area contributed by atoms with Gasteiger partial charge in [-0.15, -0.1) is 0 Å². The number of carbonyl (C=O) groups is 2. The van der Waals surface area contributed by atoms with Crippen LogP contribution in [0.25, 0.3) is 0 Å². The molecule has 0 aliphatic heterocycles. The quantitative estimate of drug-likeness (QED) is 0.673. The van der Waals surface area contributed by atoms with Crippen LogP contribution in [0.1, 0.15) is 24.2 Å². The lowest BCUT2D eigenvalue weighted by Crippen LogP contribution is -2.45. The van der Waals surface area contributed by atoms with Crippen LogP contribution in [0.15, 0.2) is 24.3 Å². The highest BCUT2D eigenvalue weighted by Gasteiger charge is 2.13. The van der Waals surface area contributed by atoms with E-state index in [1.807, 2.05) is 13.8 Å². The molecule has 0 saturated heterocycles. The first-order valence-electron chi connectivity index (χ1n) is 5.86. The number of nitrogens with one attached hydrogen (secondary N) is 1. The van der Waals surface area contributed by atoms with E-state index in [0.29, 0.717) is 17.9 Å². The highest BCUT2D eigenvalue weighted by Crippen LogP contribution is 2.12. The van der Waals surface area contributed by atoms with E-state index in [1.165, 1.54) is 0 Å². The summed E-state index contributed by atoms with van der Waals surface area (Å²) >= 11 is 0.